The predicted octanol–water partition coefficient (Wildman–Crippen LogP) is 1.69. The Morgan fingerprint density at radius 1 is 1.11 bits per heavy atom. The number of hydrogen-bond acceptors (Lipinski definition) is 4. The van der Waals surface area contributed by atoms with Crippen molar-refractivity contribution in [2.45, 2.75) is 4.90 Å². The molecule has 9 heteroatoms. The van der Waals surface area contributed by atoms with Gasteiger partial charge in [0.25, 0.3) is 10.0 Å². The molecule has 2 aromatic rings. The van der Waals surface area contributed by atoms with Crippen LogP contribution in [0, 0.1) is 17.5 Å². The summed E-state index contributed by atoms with van der Waals surface area (Å²) in [6.07, 6.45) is 1.29. The number of sulfonamides is 1. The zero-order valence-electron chi connectivity index (χ0n) is 9.14. The molecule has 0 fully saturated rings. The maximum Gasteiger partial charge on any atom is 0.268 e. The quantitative estimate of drug-likeness (QED) is 0.933. The van der Waals surface area contributed by atoms with Gasteiger partial charge in [-0.3, -0.25) is 4.72 Å². The fraction of sp³-hybridized carbons (Fsp3) is 0. The first-order valence-corrected chi connectivity index (χ1v) is 6.33. The summed E-state index contributed by atoms with van der Waals surface area (Å²) >= 11 is 0. The molecule has 5 nitrogen and oxygen atoms in total. The summed E-state index contributed by atoms with van der Waals surface area (Å²) in [5.74, 6) is -4.50. The van der Waals surface area contributed by atoms with Gasteiger partial charge in [-0.1, -0.05) is 0 Å². The van der Waals surface area contributed by atoms with Gasteiger partial charge in [0.15, 0.2) is 10.7 Å². The molecule has 1 N–H and O–H groups in total. The van der Waals surface area contributed by atoms with Crippen LogP contribution in [0.4, 0.5) is 19.0 Å². The molecule has 0 spiro atoms. The predicted molar refractivity (Wildman–Crippen MR) is 59.2 cm³/mol. The van der Waals surface area contributed by atoms with Crippen LogP contribution in [-0.4, -0.2) is 18.6 Å². The lowest BCUT2D eigenvalue weighted by atomic mass is 10.3. The molecular weight excluding hydrogens is 283 g/mol. The lowest BCUT2D eigenvalue weighted by Crippen LogP contribution is -2.17. The van der Waals surface area contributed by atoms with Gasteiger partial charge in [0.05, 0.1) is 0 Å². The molecule has 1 heterocycles. The Balaban J connectivity index is 2.46. The summed E-state index contributed by atoms with van der Waals surface area (Å²) in [5.41, 5.74) is 0. The molecule has 0 amide bonds. The summed E-state index contributed by atoms with van der Waals surface area (Å²) in [6, 6.07) is 3.16. The second-order valence-electron chi connectivity index (χ2n) is 3.41. The van der Waals surface area contributed by atoms with Crippen LogP contribution in [0.25, 0.3) is 0 Å². The highest BCUT2D eigenvalue weighted by atomic mass is 32.2. The van der Waals surface area contributed by atoms with Crippen LogP contribution in [0.1, 0.15) is 0 Å². The third-order valence-corrected chi connectivity index (χ3v) is 3.45. The number of nitrogens with zero attached hydrogens (tertiary/aromatic N) is 2. The summed E-state index contributed by atoms with van der Waals surface area (Å²) in [4.78, 5) is -1.28. The van der Waals surface area contributed by atoms with Crippen molar-refractivity contribution in [3.8, 4) is 0 Å². The fourth-order valence-corrected chi connectivity index (χ4v) is 2.45. The lowest BCUT2D eigenvalue weighted by Gasteiger charge is -2.08. The topological polar surface area (TPSA) is 72.0 Å². The number of aromatic nitrogens is 2. The van der Waals surface area contributed by atoms with E-state index in [4.69, 9.17) is 0 Å². The van der Waals surface area contributed by atoms with Gasteiger partial charge in [-0.05, 0) is 12.1 Å². The van der Waals surface area contributed by atoms with Gasteiger partial charge < -0.3 is 0 Å². The van der Waals surface area contributed by atoms with Gasteiger partial charge in [0.1, 0.15) is 17.5 Å². The smallest absolute Gasteiger partial charge is 0.262 e. The lowest BCUT2D eigenvalue weighted by molar-refractivity contribution is 0.498. The normalized spacial score (nSPS) is 11.3. The number of nitrogens with one attached hydrogen (secondary N) is 1. The zero-order chi connectivity index (χ0) is 14.0. The third-order valence-electron chi connectivity index (χ3n) is 2.04. The van der Waals surface area contributed by atoms with Crippen molar-refractivity contribution in [1.29, 1.82) is 0 Å². The second-order valence-corrected chi connectivity index (χ2v) is 5.03. The van der Waals surface area contributed by atoms with Crippen LogP contribution in [0.5, 0.6) is 0 Å². The molecule has 0 bridgehead atoms. The highest BCUT2D eigenvalue weighted by Gasteiger charge is 2.25. The van der Waals surface area contributed by atoms with Crippen LogP contribution in [0.15, 0.2) is 35.4 Å². The maximum absolute atomic E-state index is 13.4. The molecule has 0 saturated heterocycles. The summed E-state index contributed by atoms with van der Waals surface area (Å²) in [7, 11) is -4.56. The molecule has 0 aliphatic heterocycles. The highest BCUT2D eigenvalue weighted by molar-refractivity contribution is 7.92. The summed E-state index contributed by atoms with van der Waals surface area (Å²) in [5, 5.41) is 6.80. The molecule has 19 heavy (non-hydrogen) atoms. The Kier molecular flexibility index (Phi) is 3.38. The Labute approximate surface area is 106 Å². The minimum absolute atomic E-state index is 0.217. The first kappa shape index (κ1) is 13.3. The zero-order valence-corrected chi connectivity index (χ0v) is 9.96. The van der Waals surface area contributed by atoms with Crippen LogP contribution < -0.4 is 4.72 Å². The molecular formula is C10H6F3N3O2S. The monoisotopic (exact) mass is 289 g/mol. The number of halogens is 3. The summed E-state index contributed by atoms with van der Waals surface area (Å²) in [6.45, 7) is 0. The SMILES string of the molecule is O=S(=O)(Nc1cccnn1)c1c(F)cc(F)cc1F. The van der Waals surface area contributed by atoms with Gasteiger partial charge in [-0.2, -0.15) is 5.10 Å². The van der Waals surface area contributed by atoms with Crippen LogP contribution >= 0.6 is 0 Å². The average Bonchev–Trinajstić information content (AvgIpc) is 2.27. The van der Waals surface area contributed by atoms with Gasteiger partial charge in [-0.15, -0.1) is 5.10 Å². The van der Waals surface area contributed by atoms with E-state index in [2.05, 4.69) is 10.2 Å². The molecule has 0 aliphatic carbocycles. The standard InChI is InChI=1S/C10H6F3N3O2S/c11-6-4-7(12)10(8(13)5-6)19(17,18)16-9-2-1-3-14-15-9/h1-5H,(H,15,16). The van der Waals surface area contributed by atoms with Crippen molar-refractivity contribution in [3.63, 3.8) is 0 Å². The minimum Gasteiger partial charge on any atom is -0.262 e. The van der Waals surface area contributed by atoms with E-state index in [0.717, 1.165) is 0 Å². The van der Waals surface area contributed by atoms with E-state index >= 15 is 0 Å². The van der Waals surface area contributed by atoms with E-state index < -0.39 is 32.4 Å². The van der Waals surface area contributed by atoms with Crippen molar-refractivity contribution in [1.82, 2.24) is 10.2 Å². The third kappa shape index (κ3) is 2.81. The fourth-order valence-electron chi connectivity index (χ4n) is 1.33. The van der Waals surface area contributed by atoms with Crippen LogP contribution in [0.2, 0.25) is 0 Å². The minimum atomic E-state index is -4.56. The summed E-state index contributed by atoms with van der Waals surface area (Å²) < 4.78 is 64.8. The van der Waals surface area contributed by atoms with Crippen LogP contribution in [0.3, 0.4) is 0 Å². The van der Waals surface area contributed by atoms with Gasteiger partial charge in [-0.25, -0.2) is 21.6 Å². The molecule has 0 saturated carbocycles. The molecule has 100 valence electrons. The van der Waals surface area contributed by atoms with E-state index in [1.165, 1.54) is 18.3 Å². The Hall–Kier alpha value is -2.16. The van der Waals surface area contributed by atoms with E-state index in [1.54, 1.807) is 0 Å². The van der Waals surface area contributed by atoms with E-state index in [1.807, 2.05) is 4.72 Å². The highest BCUT2D eigenvalue weighted by Crippen LogP contribution is 2.22. The Morgan fingerprint density at radius 2 is 1.74 bits per heavy atom. The van der Waals surface area contributed by atoms with Crippen molar-refractivity contribution in [3.05, 3.63) is 47.9 Å². The van der Waals surface area contributed by atoms with Crippen molar-refractivity contribution >= 4 is 15.8 Å². The largest absolute Gasteiger partial charge is 0.268 e. The van der Waals surface area contributed by atoms with Crippen molar-refractivity contribution < 1.29 is 21.6 Å². The Morgan fingerprint density at radius 3 is 2.26 bits per heavy atom. The van der Waals surface area contributed by atoms with Gasteiger partial charge in [0.2, 0.25) is 0 Å². The van der Waals surface area contributed by atoms with E-state index in [-0.39, 0.29) is 18.0 Å². The molecule has 0 unspecified atom stereocenters. The molecule has 0 atom stereocenters. The first-order chi connectivity index (χ1) is 8.90. The van der Waals surface area contributed by atoms with Gasteiger partial charge in [0, 0.05) is 18.3 Å². The molecule has 0 aliphatic rings. The maximum atomic E-state index is 13.4. The Bertz CT molecular complexity index is 684. The van der Waals surface area contributed by atoms with Crippen molar-refractivity contribution in [2.24, 2.45) is 0 Å². The number of benzene rings is 1. The molecule has 1 aromatic carbocycles. The molecule has 1 aromatic heterocycles. The van der Waals surface area contributed by atoms with Crippen molar-refractivity contribution in [2.75, 3.05) is 4.72 Å². The van der Waals surface area contributed by atoms with Gasteiger partial charge >= 0.3 is 0 Å². The van der Waals surface area contributed by atoms with E-state index in [0.29, 0.717) is 0 Å². The first-order valence-electron chi connectivity index (χ1n) is 4.85. The average molecular weight is 289 g/mol. The number of rotatable bonds is 3. The number of hydrogen-bond donors (Lipinski definition) is 1. The van der Waals surface area contributed by atoms with Crippen LogP contribution in [-0.2, 0) is 10.0 Å². The second kappa shape index (κ2) is 4.84. The number of anilines is 1. The van der Waals surface area contributed by atoms with E-state index in [9.17, 15) is 21.6 Å². The molecule has 2 rings (SSSR count). The molecule has 0 radical (unpaired) electrons.